The molecule has 0 saturated carbocycles. The van der Waals surface area contributed by atoms with Gasteiger partial charge in [0.05, 0.1) is 17.7 Å². The molecule has 2 aromatic carbocycles. The Hall–Kier alpha value is -3.18. The highest BCUT2D eigenvalue weighted by Gasteiger charge is 2.33. The number of benzene rings is 2. The molecule has 5 rings (SSSR count). The molecule has 1 aromatic heterocycles. The summed E-state index contributed by atoms with van der Waals surface area (Å²) in [5.41, 5.74) is 0.831. The number of sulfonamides is 1. The van der Waals surface area contributed by atoms with Gasteiger partial charge in [-0.25, -0.2) is 8.42 Å². The summed E-state index contributed by atoms with van der Waals surface area (Å²) in [5, 5.41) is 12.2. The lowest BCUT2D eigenvalue weighted by atomic mass is 9.97. The van der Waals surface area contributed by atoms with Gasteiger partial charge in [-0.15, -0.1) is 5.10 Å². The van der Waals surface area contributed by atoms with Gasteiger partial charge in [-0.2, -0.15) is 8.99 Å². The lowest BCUT2D eigenvalue weighted by molar-refractivity contribution is 0.171. The topological polar surface area (TPSA) is 109 Å². The van der Waals surface area contributed by atoms with Crippen molar-refractivity contribution in [3.05, 3.63) is 48.3 Å². The molecule has 0 atom stereocenters. The van der Waals surface area contributed by atoms with Crippen LogP contribution >= 0.6 is 0 Å². The number of hydrogen-bond acceptors (Lipinski definition) is 8. The highest BCUT2D eigenvalue weighted by molar-refractivity contribution is 7.89. The van der Waals surface area contributed by atoms with Crippen LogP contribution in [0.25, 0.3) is 5.69 Å². The zero-order chi connectivity index (χ0) is 22.1. The van der Waals surface area contributed by atoms with E-state index in [1.165, 1.54) is 4.31 Å². The number of fused-ring (bicyclic) bond motifs is 1. The maximum atomic E-state index is 13.2. The van der Waals surface area contributed by atoms with Gasteiger partial charge in [0.15, 0.2) is 17.3 Å². The fourth-order valence-corrected chi connectivity index (χ4v) is 5.53. The predicted molar refractivity (Wildman–Crippen MR) is 114 cm³/mol. The van der Waals surface area contributed by atoms with E-state index in [-0.39, 0.29) is 10.8 Å². The Morgan fingerprint density at radius 2 is 1.72 bits per heavy atom. The summed E-state index contributed by atoms with van der Waals surface area (Å²) in [7, 11) is -2.02. The van der Waals surface area contributed by atoms with E-state index in [0.717, 1.165) is 17.3 Å². The van der Waals surface area contributed by atoms with Crippen molar-refractivity contribution in [1.82, 2.24) is 24.5 Å². The number of nitrogens with zero attached hydrogens (tertiary/aromatic N) is 5. The van der Waals surface area contributed by atoms with Crippen LogP contribution in [0.5, 0.6) is 17.2 Å². The molecule has 0 bridgehead atoms. The van der Waals surface area contributed by atoms with Crippen molar-refractivity contribution in [2.45, 2.75) is 23.7 Å². The Bertz CT molecular complexity index is 1200. The first-order chi connectivity index (χ1) is 15.6. The molecule has 3 aromatic rings. The Morgan fingerprint density at radius 1 is 1.00 bits per heavy atom. The first-order valence-electron chi connectivity index (χ1n) is 10.4. The molecule has 2 aliphatic rings. The lowest BCUT2D eigenvalue weighted by Gasteiger charge is -2.30. The number of hydrogen-bond donors (Lipinski definition) is 0. The average Bonchev–Trinajstić information content (AvgIpc) is 3.34. The van der Waals surface area contributed by atoms with E-state index in [4.69, 9.17) is 14.2 Å². The van der Waals surface area contributed by atoms with Gasteiger partial charge < -0.3 is 14.2 Å². The molecular formula is C21H23N5O5S. The van der Waals surface area contributed by atoms with Gasteiger partial charge in [-0.1, -0.05) is 0 Å². The van der Waals surface area contributed by atoms with Crippen molar-refractivity contribution in [3.63, 3.8) is 0 Å². The number of rotatable bonds is 5. The number of piperidine rings is 1. The second-order valence-corrected chi connectivity index (χ2v) is 9.57. The lowest BCUT2D eigenvalue weighted by Crippen LogP contribution is -2.38. The van der Waals surface area contributed by atoms with E-state index < -0.39 is 10.0 Å². The first kappa shape index (κ1) is 20.7. The molecule has 0 aliphatic carbocycles. The fourth-order valence-electron chi connectivity index (χ4n) is 4.04. The van der Waals surface area contributed by atoms with Crippen molar-refractivity contribution in [1.29, 1.82) is 0 Å². The van der Waals surface area contributed by atoms with Crippen molar-refractivity contribution >= 4 is 10.0 Å². The standard InChI is InChI=1S/C21H23N5O5S/c1-29-17-4-2-16(3-5-17)26-21(22-23-24-26)15-8-10-25(11-9-15)32(27,28)18-6-7-19-20(14-18)31-13-12-30-19/h2-7,14-15H,8-13H2,1H3. The summed E-state index contributed by atoms with van der Waals surface area (Å²) < 4.78 is 45.8. The number of methoxy groups -OCH3 is 1. The van der Waals surface area contributed by atoms with Gasteiger partial charge in [0.1, 0.15) is 19.0 Å². The third-order valence-corrected chi connectivity index (χ3v) is 7.68. The zero-order valence-corrected chi connectivity index (χ0v) is 18.4. The van der Waals surface area contributed by atoms with Gasteiger partial charge >= 0.3 is 0 Å². The van der Waals surface area contributed by atoms with Gasteiger partial charge in [0, 0.05) is 25.1 Å². The minimum atomic E-state index is -3.63. The molecule has 11 heteroatoms. The molecule has 0 radical (unpaired) electrons. The quantitative estimate of drug-likeness (QED) is 0.572. The highest BCUT2D eigenvalue weighted by Crippen LogP contribution is 2.35. The molecular weight excluding hydrogens is 434 g/mol. The minimum absolute atomic E-state index is 0.0545. The monoisotopic (exact) mass is 457 g/mol. The van der Waals surface area contributed by atoms with Gasteiger partial charge in [-0.05, 0) is 59.7 Å². The van der Waals surface area contributed by atoms with Gasteiger partial charge in [-0.3, -0.25) is 0 Å². The summed E-state index contributed by atoms with van der Waals surface area (Å²) in [6, 6.07) is 12.2. The fraction of sp³-hybridized carbons (Fsp3) is 0.381. The number of ether oxygens (including phenoxy) is 3. The summed E-state index contributed by atoms with van der Waals surface area (Å²) in [6.45, 7) is 1.64. The molecule has 0 N–H and O–H groups in total. The van der Waals surface area contributed by atoms with E-state index >= 15 is 0 Å². The summed E-state index contributed by atoms with van der Waals surface area (Å²) in [5.74, 6) is 2.57. The third kappa shape index (κ3) is 3.78. The number of tetrazole rings is 1. The molecule has 32 heavy (non-hydrogen) atoms. The smallest absolute Gasteiger partial charge is 0.243 e. The van der Waals surface area contributed by atoms with Crippen molar-refractivity contribution in [2.24, 2.45) is 0 Å². The van der Waals surface area contributed by atoms with E-state index in [1.807, 2.05) is 24.3 Å². The van der Waals surface area contributed by atoms with Crippen molar-refractivity contribution in [3.8, 4) is 22.9 Å². The summed E-state index contributed by atoms with van der Waals surface area (Å²) in [6.07, 6.45) is 1.25. The first-order valence-corrected chi connectivity index (χ1v) is 11.8. The van der Waals surface area contributed by atoms with Crippen LogP contribution in [0.3, 0.4) is 0 Å². The second-order valence-electron chi connectivity index (χ2n) is 7.63. The third-order valence-electron chi connectivity index (χ3n) is 5.78. The van der Waals surface area contributed by atoms with Crippen LogP contribution in [0.4, 0.5) is 0 Å². The van der Waals surface area contributed by atoms with Gasteiger partial charge in [0.2, 0.25) is 10.0 Å². The SMILES string of the molecule is COc1ccc(-n2nnnc2C2CCN(S(=O)(=O)c3ccc4c(c3)OCCO4)CC2)cc1. The predicted octanol–water partition coefficient (Wildman–Crippen LogP) is 2.01. The molecule has 2 aliphatic heterocycles. The van der Waals surface area contributed by atoms with Crippen molar-refractivity contribution in [2.75, 3.05) is 33.4 Å². The molecule has 1 fully saturated rings. The van der Waals surface area contributed by atoms with Crippen LogP contribution in [-0.2, 0) is 10.0 Å². The molecule has 10 nitrogen and oxygen atoms in total. The normalized spacial score (nSPS) is 17.3. The molecule has 3 heterocycles. The van der Waals surface area contributed by atoms with Crippen LogP contribution in [0.15, 0.2) is 47.4 Å². The average molecular weight is 458 g/mol. The molecule has 0 amide bonds. The van der Waals surface area contributed by atoms with Crippen LogP contribution in [0.1, 0.15) is 24.6 Å². The second kappa shape index (κ2) is 8.40. The Balaban J connectivity index is 1.31. The zero-order valence-electron chi connectivity index (χ0n) is 17.5. The minimum Gasteiger partial charge on any atom is -0.497 e. The van der Waals surface area contributed by atoms with Crippen LogP contribution in [-0.4, -0.2) is 66.3 Å². The van der Waals surface area contributed by atoms with Gasteiger partial charge in [0.25, 0.3) is 0 Å². The van der Waals surface area contributed by atoms with E-state index in [2.05, 4.69) is 15.5 Å². The van der Waals surface area contributed by atoms with Crippen molar-refractivity contribution < 1.29 is 22.6 Å². The Labute approximate surface area is 185 Å². The largest absolute Gasteiger partial charge is 0.497 e. The van der Waals surface area contributed by atoms with Crippen LogP contribution in [0, 0.1) is 0 Å². The molecule has 1 saturated heterocycles. The van der Waals surface area contributed by atoms with Crippen LogP contribution < -0.4 is 14.2 Å². The molecule has 0 spiro atoms. The molecule has 0 unspecified atom stereocenters. The summed E-state index contributed by atoms with van der Waals surface area (Å²) in [4.78, 5) is 0.211. The maximum Gasteiger partial charge on any atom is 0.243 e. The molecule has 168 valence electrons. The Kier molecular flexibility index (Phi) is 5.43. The summed E-state index contributed by atoms with van der Waals surface area (Å²) >= 11 is 0. The Morgan fingerprint density at radius 3 is 2.44 bits per heavy atom. The maximum absolute atomic E-state index is 13.2. The van der Waals surface area contributed by atoms with Crippen LogP contribution in [0.2, 0.25) is 0 Å². The number of aromatic nitrogens is 4. The van der Waals surface area contributed by atoms with E-state index in [9.17, 15) is 8.42 Å². The van der Waals surface area contributed by atoms with E-state index in [1.54, 1.807) is 30.0 Å². The highest BCUT2D eigenvalue weighted by atomic mass is 32.2. The van der Waals surface area contributed by atoms with E-state index in [0.29, 0.717) is 50.6 Å².